The first-order chi connectivity index (χ1) is 6.86. The van der Waals surface area contributed by atoms with E-state index in [0.29, 0.717) is 11.7 Å². The lowest BCUT2D eigenvalue weighted by Crippen LogP contribution is -2.10. The molecule has 0 bridgehead atoms. The molecule has 7 nitrogen and oxygen atoms in total. The normalized spacial score (nSPS) is 10.9. The number of nitrogens with one attached hydrogen (secondary N) is 1. The summed E-state index contributed by atoms with van der Waals surface area (Å²) >= 11 is 0. The molecule has 0 spiro atoms. The average Bonchev–Trinajstić information content (AvgIpc) is 2.78. The number of anilines is 1. The van der Waals surface area contributed by atoms with Crippen molar-refractivity contribution in [3.63, 3.8) is 0 Å². The molecule has 0 radical (unpaired) electrons. The molecular weight excluding hydrogens is 184 g/mol. The van der Waals surface area contributed by atoms with Crippen molar-refractivity contribution in [1.29, 1.82) is 0 Å². The van der Waals surface area contributed by atoms with E-state index in [4.69, 9.17) is 10.3 Å². The highest BCUT2D eigenvalue weighted by Crippen LogP contribution is 1.97. The van der Waals surface area contributed by atoms with Crippen LogP contribution in [0.1, 0.15) is 5.76 Å². The van der Waals surface area contributed by atoms with E-state index in [-0.39, 0.29) is 0 Å². The Morgan fingerprint density at radius 2 is 2.57 bits per heavy atom. The number of hydrogen-bond acceptors (Lipinski definition) is 6. The maximum atomic E-state index is 5.43. The van der Waals surface area contributed by atoms with Crippen LogP contribution in [0.4, 0.5) is 5.95 Å². The molecule has 0 saturated heterocycles. The molecule has 14 heavy (non-hydrogen) atoms. The van der Waals surface area contributed by atoms with Crippen LogP contribution in [0.15, 0.2) is 34.2 Å². The molecule has 0 aromatic carbocycles. The summed E-state index contributed by atoms with van der Waals surface area (Å²) in [6, 6.07) is 3.55. The second-order valence-corrected chi connectivity index (χ2v) is 2.45. The Kier molecular flexibility index (Phi) is 2.14. The van der Waals surface area contributed by atoms with Crippen LogP contribution >= 0.6 is 0 Å². The number of nitrogens with zero attached hydrogens (tertiary/aromatic N) is 4. The van der Waals surface area contributed by atoms with Crippen LogP contribution < -0.4 is 11.3 Å². The minimum Gasteiger partial charge on any atom is -0.463 e. The molecular formula is C7H8N6O. The van der Waals surface area contributed by atoms with Gasteiger partial charge in [0, 0.05) is 0 Å². The van der Waals surface area contributed by atoms with Gasteiger partial charge in [0.2, 0.25) is 0 Å². The Morgan fingerprint density at radius 1 is 1.64 bits per heavy atom. The lowest BCUT2D eigenvalue weighted by Gasteiger charge is -1.95. The van der Waals surface area contributed by atoms with E-state index in [1.165, 1.54) is 17.2 Å². The molecule has 7 heteroatoms. The van der Waals surface area contributed by atoms with Crippen LogP contribution in [-0.4, -0.2) is 21.1 Å². The highest BCUT2D eigenvalue weighted by Gasteiger charge is 1.96. The summed E-state index contributed by atoms with van der Waals surface area (Å²) in [4.78, 5) is 0. The van der Waals surface area contributed by atoms with Gasteiger partial charge >= 0.3 is 0 Å². The number of nitrogens with two attached hydrogens (primary N) is 1. The molecule has 0 aliphatic rings. The summed E-state index contributed by atoms with van der Waals surface area (Å²) in [6.07, 6.45) is 4.44. The molecule has 2 heterocycles. The van der Waals surface area contributed by atoms with E-state index < -0.39 is 0 Å². The molecule has 3 N–H and O–H groups in total. The topological polar surface area (TPSA) is 94.3 Å². The highest BCUT2D eigenvalue weighted by molar-refractivity contribution is 5.76. The van der Waals surface area contributed by atoms with Crippen LogP contribution in [0.5, 0.6) is 0 Å². The van der Waals surface area contributed by atoms with Gasteiger partial charge in [0.05, 0.1) is 12.5 Å². The van der Waals surface area contributed by atoms with E-state index in [2.05, 4.69) is 20.7 Å². The van der Waals surface area contributed by atoms with Crippen LogP contribution in [0.25, 0.3) is 0 Å². The second-order valence-electron chi connectivity index (χ2n) is 2.45. The van der Waals surface area contributed by atoms with E-state index in [1.54, 1.807) is 18.4 Å². The van der Waals surface area contributed by atoms with Gasteiger partial charge in [0.25, 0.3) is 5.95 Å². The number of nitrogen functional groups attached to an aromatic ring is 1. The smallest absolute Gasteiger partial charge is 0.263 e. The van der Waals surface area contributed by atoms with Crippen molar-refractivity contribution in [3.8, 4) is 0 Å². The predicted octanol–water partition coefficient (Wildman–Crippen LogP) is 0.0309. The summed E-state index contributed by atoms with van der Waals surface area (Å²) in [5, 5.41) is 11.1. The zero-order valence-electron chi connectivity index (χ0n) is 7.16. The highest BCUT2D eigenvalue weighted by atomic mass is 16.3. The molecule has 0 aliphatic carbocycles. The third kappa shape index (κ3) is 1.71. The predicted molar refractivity (Wildman–Crippen MR) is 50.1 cm³/mol. The largest absolute Gasteiger partial charge is 0.463 e. The lowest BCUT2D eigenvalue weighted by atomic mass is 10.5. The minimum absolute atomic E-state index is 0.354. The number of furan rings is 1. The fourth-order valence-electron chi connectivity index (χ4n) is 0.841. The van der Waals surface area contributed by atoms with Crippen LogP contribution in [-0.2, 0) is 0 Å². The molecule has 2 rings (SSSR count). The molecule has 0 atom stereocenters. The average molecular weight is 192 g/mol. The van der Waals surface area contributed by atoms with E-state index in [9.17, 15) is 0 Å². The number of rotatable bonds is 3. The quantitative estimate of drug-likeness (QED) is 0.406. The van der Waals surface area contributed by atoms with Gasteiger partial charge in [-0.25, -0.2) is 10.1 Å². The zero-order valence-corrected chi connectivity index (χ0v) is 7.16. The fraction of sp³-hybridized carbons (Fsp3) is 0. The minimum atomic E-state index is 0.354. The van der Waals surface area contributed by atoms with Gasteiger partial charge in [-0.3, -0.25) is 0 Å². The van der Waals surface area contributed by atoms with Crippen LogP contribution in [0.3, 0.4) is 0 Å². The van der Waals surface area contributed by atoms with E-state index >= 15 is 0 Å². The lowest BCUT2D eigenvalue weighted by molar-refractivity contribution is 0.560. The molecule has 0 unspecified atom stereocenters. The Balaban J connectivity index is 1.98. The molecule has 0 saturated carbocycles. The number of hydrazone groups is 1. The maximum absolute atomic E-state index is 5.43. The van der Waals surface area contributed by atoms with E-state index in [1.807, 2.05) is 0 Å². The van der Waals surface area contributed by atoms with Crippen molar-refractivity contribution in [2.75, 3.05) is 11.3 Å². The SMILES string of the molecule is Nn1cnnc1NN=Cc1ccco1. The van der Waals surface area contributed by atoms with Gasteiger partial charge in [0.1, 0.15) is 12.1 Å². The van der Waals surface area contributed by atoms with Crippen molar-refractivity contribution in [1.82, 2.24) is 14.9 Å². The summed E-state index contributed by atoms with van der Waals surface area (Å²) < 4.78 is 6.24. The van der Waals surface area contributed by atoms with Gasteiger partial charge < -0.3 is 10.3 Å². The van der Waals surface area contributed by atoms with Gasteiger partial charge in [-0.2, -0.15) is 5.10 Å². The summed E-state index contributed by atoms with van der Waals surface area (Å²) in [6.45, 7) is 0. The summed E-state index contributed by atoms with van der Waals surface area (Å²) in [7, 11) is 0. The van der Waals surface area contributed by atoms with Crippen molar-refractivity contribution in [2.45, 2.75) is 0 Å². The van der Waals surface area contributed by atoms with E-state index in [0.717, 1.165) is 0 Å². The fourth-order valence-corrected chi connectivity index (χ4v) is 0.841. The molecule has 72 valence electrons. The monoisotopic (exact) mass is 192 g/mol. The third-order valence-electron chi connectivity index (χ3n) is 1.47. The molecule has 0 amide bonds. The van der Waals surface area contributed by atoms with Crippen LogP contribution in [0.2, 0.25) is 0 Å². The molecule has 0 aliphatic heterocycles. The third-order valence-corrected chi connectivity index (χ3v) is 1.47. The zero-order chi connectivity index (χ0) is 9.80. The first kappa shape index (κ1) is 8.30. The number of hydrogen-bond donors (Lipinski definition) is 2. The van der Waals surface area contributed by atoms with Crippen molar-refractivity contribution in [3.05, 3.63) is 30.5 Å². The Hall–Kier alpha value is -2.31. The number of aromatic nitrogens is 3. The first-order valence-electron chi connectivity index (χ1n) is 3.84. The van der Waals surface area contributed by atoms with Gasteiger partial charge in [-0.15, -0.1) is 10.2 Å². The van der Waals surface area contributed by atoms with Gasteiger partial charge in [0.15, 0.2) is 0 Å². The molecule has 2 aromatic heterocycles. The van der Waals surface area contributed by atoms with Crippen LogP contribution in [0, 0.1) is 0 Å². The molecule has 2 aromatic rings. The van der Waals surface area contributed by atoms with Crippen molar-refractivity contribution < 1.29 is 4.42 Å². The summed E-state index contributed by atoms with van der Waals surface area (Å²) in [5.41, 5.74) is 2.60. The van der Waals surface area contributed by atoms with Crippen molar-refractivity contribution >= 4 is 12.2 Å². The van der Waals surface area contributed by atoms with Crippen molar-refractivity contribution in [2.24, 2.45) is 5.10 Å². The standard InChI is InChI=1S/C7H8N6O/c8-13-5-10-12-7(13)11-9-4-6-2-1-3-14-6/h1-5H,8H2,(H,11,12). The Labute approximate surface area is 79.2 Å². The summed E-state index contributed by atoms with van der Waals surface area (Å²) in [5.74, 6) is 6.43. The maximum Gasteiger partial charge on any atom is 0.263 e. The first-order valence-corrected chi connectivity index (χ1v) is 3.84. The van der Waals surface area contributed by atoms with Gasteiger partial charge in [-0.1, -0.05) is 0 Å². The second kappa shape index (κ2) is 3.60. The van der Waals surface area contributed by atoms with Gasteiger partial charge in [-0.05, 0) is 12.1 Å². The Morgan fingerprint density at radius 3 is 3.21 bits per heavy atom. The molecule has 0 fully saturated rings. The Bertz CT molecular complexity index is 417.